The molecule has 0 aliphatic rings. The van der Waals surface area contributed by atoms with Crippen LogP contribution in [0.1, 0.15) is 19.4 Å². The Hall–Kier alpha value is -1.15. The molecule has 82 valence electrons. The first kappa shape index (κ1) is 11.9. The number of carbonyl (C=O) groups is 1. The van der Waals surface area contributed by atoms with Crippen molar-refractivity contribution in [3.8, 4) is 0 Å². The maximum Gasteiger partial charge on any atom is 0.123 e. The summed E-state index contributed by atoms with van der Waals surface area (Å²) in [5.41, 5.74) is 1.17. The van der Waals surface area contributed by atoms with Crippen molar-refractivity contribution in [3.05, 3.63) is 35.9 Å². The lowest BCUT2D eigenvalue weighted by Gasteiger charge is -2.14. The second kappa shape index (κ2) is 6.36. The van der Waals surface area contributed by atoms with E-state index in [0.29, 0.717) is 13.2 Å². The molecule has 1 aromatic rings. The normalized spacial score (nSPS) is 14.5. The summed E-state index contributed by atoms with van der Waals surface area (Å²) in [4.78, 5) is 10.5. The van der Waals surface area contributed by atoms with Crippen molar-refractivity contribution in [1.29, 1.82) is 0 Å². The highest BCUT2D eigenvalue weighted by atomic mass is 16.5. The standard InChI is InChI=1S/C13H18O2/c1-11(8-14)12(2)9-15-10-13-6-4-3-5-7-13/h3-8,11-12H,9-10H2,1-2H3. The molecular weight excluding hydrogens is 188 g/mol. The molecule has 2 nitrogen and oxygen atoms in total. The number of rotatable bonds is 6. The molecular formula is C13H18O2. The van der Waals surface area contributed by atoms with Crippen molar-refractivity contribution in [2.24, 2.45) is 11.8 Å². The Kier molecular flexibility index (Phi) is 5.05. The molecule has 0 N–H and O–H groups in total. The van der Waals surface area contributed by atoms with Gasteiger partial charge in [0.25, 0.3) is 0 Å². The number of aldehydes is 1. The second-order valence-electron chi connectivity index (χ2n) is 3.97. The summed E-state index contributed by atoms with van der Waals surface area (Å²) in [5.74, 6) is 0.354. The molecule has 1 rings (SSSR count). The van der Waals surface area contributed by atoms with Crippen LogP contribution in [0.25, 0.3) is 0 Å². The third-order valence-electron chi connectivity index (χ3n) is 2.60. The Balaban J connectivity index is 2.25. The van der Waals surface area contributed by atoms with Crippen LogP contribution in [-0.2, 0) is 16.1 Å². The molecule has 0 bridgehead atoms. The van der Waals surface area contributed by atoms with Gasteiger partial charge in [-0.25, -0.2) is 0 Å². The van der Waals surface area contributed by atoms with E-state index < -0.39 is 0 Å². The summed E-state index contributed by atoms with van der Waals surface area (Å²) >= 11 is 0. The van der Waals surface area contributed by atoms with Crippen LogP contribution in [-0.4, -0.2) is 12.9 Å². The highest BCUT2D eigenvalue weighted by Gasteiger charge is 2.10. The summed E-state index contributed by atoms with van der Waals surface area (Å²) in [6.45, 7) is 5.21. The van der Waals surface area contributed by atoms with Gasteiger partial charge in [-0.3, -0.25) is 0 Å². The zero-order valence-electron chi connectivity index (χ0n) is 9.35. The van der Waals surface area contributed by atoms with E-state index in [1.54, 1.807) is 0 Å². The van der Waals surface area contributed by atoms with Crippen LogP contribution in [0.4, 0.5) is 0 Å². The van der Waals surface area contributed by atoms with Gasteiger partial charge >= 0.3 is 0 Å². The lowest BCUT2D eigenvalue weighted by atomic mass is 9.99. The zero-order chi connectivity index (χ0) is 11.1. The van der Waals surface area contributed by atoms with Crippen molar-refractivity contribution in [1.82, 2.24) is 0 Å². The number of benzene rings is 1. The molecule has 1 aromatic carbocycles. The predicted molar refractivity (Wildman–Crippen MR) is 60.5 cm³/mol. The Labute approximate surface area is 91.3 Å². The van der Waals surface area contributed by atoms with Crippen LogP contribution >= 0.6 is 0 Å². The van der Waals surface area contributed by atoms with Crippen LogP contribution in [0.3, 0.4) is 0 Å². The molecule has 0 spiro atoms. The third-order valence-corrected chi connectivity index (χ3v) is 2.60. The highest BCUT2D eigenvalue weighted by molar-refractivity contribution is 5.53. The largest absolute Gasteiger partial charge is 0.376 e. The van der Waals surface area contributed by atoms with E-state index >= 15 is 0 Å². The van der Waals surface area contributed by atoms with Gasteiger partial charge in [-0.2, -0.15) is 0 Å². The van der Waals surface area contributed by atoms with Crippen molar-refractivity contribution in [2.75, 3.05) is 6.61 Å². The van der Waals surface area contributed by atoms with E-state index in [0.717, 1.165) is 6.29 Å². The second-order valence-corrected chi connectivity index (χ2v) is 3.97. The SMILES string of the molecule is CC(C=O)C(C)COCc1ccccc1. The maximum absolute atomic E-state index is 10.5. The molecule has 0 saturated heterocycles. The molecule has 0 heterocycles. The van der Waals surface area contributed by atoms with Crippen molar-refractivity contribution in [2.45, 2.75) is 20.5 Å². The summed E-state index contributed by atoms with van der Waals surface area (Å²) < 4.78 is 5.55. The molecule has 2 heteroatoms. The summed E-state index contributed by atoms with van der Waals surface area (Å²) in [5, 5.41) is 0. The molecule has 0 fully saturated rings. The van der Waals surface area contributed by atoms with Gasteiger partial charge in [0, 0.05) is 5.92 Å². The number of ether oxygens (including phenoxy) is 1. The topological polar surface area (TPSA) is 26.3 Å². The van der Waals surface area contributed by atoms with Gasteiger partial charge in [-0.05, 0) is 11.5 Å². The average Bonchev–Trinajstić information content (AvgIpc) is 2.29. The van der Waals surface area contributed by atoms with E-state index in [1.807, 2.05) is 44.2 Å². The first-order valence-corrected chi connectivity index (χ1v) is 5.31. The smallest absolute Gasteiger partial charge is 0.123 e. The van der Waals surface area contributed by atoms with E-state index in [4.69, 9.17) is 4.74 Å². The summed E-state index contributed by atoms with van der Waals surface area (Å²) in [6, 6.07) is 10.1. The zero-order valence-corrected chi connectivity index (χ0v) is 9.35. The van der Waals surface area contributed by atoms with Crippen molar-refractivity contribution < 1.29 is 9.53 Å². The molecule has 0 aliphatic heterocycles. The quantitative estimate of drug-likeness (QED) is 0.669. The van der Waals surface area contributed by atoms with Gasteiger partial charge in [0.15, 0.2) is 0 Å². The average molecular weight is 206 g/mol. The molecule has 0 amide bonds. The van der Waals surface area contributed by atoms with Gasteiger partial charge in [0.1, 0.15) is 6.29 Å². The minimum Gasteiger partial charge on any atom is -0.376 e. The van der Waals surface area contributed by atoms with E-state index in [9.17, 15) is 4.79 Å². The number of hydrogen-bond acceptors (Lipinski definition) is 2. The Morgan fingerprint density at radius 2 is 1.93 bits per heavy atom. The van der Waals surface area contributed by atoms with E-state index in [1.165, 1.54) is 5.56 Å². The molecule has 0 aliphatic carbocycles. The van der Waals surface area contributed by atoms with Gasteiger partial charge < -0.3 is 9.53 Å². The molecule has 0 aromatic heterocycles. The molecule has 15 heavy (non-hydrogen) atoms. The van der Waals surface area contributed by atoms with Gasteiger partial charge in [-0.15, -0.1) is 0 Å². The van der Waals surface area contributed by atoms with E-state index in [-0.39, 0.29) is 11.8 Å². The molecule has 0 saturated carbocycles. The minimum atomic E-state index is 0.0702. The number of carbonyl (C=O) groups excluding carboxylic acids is 1. The minimum absolute atomic E-state index is 0.0702. The van der Waals surface area contributed by atoms with Crippen LogP contribution in [0.15, 0.2) is 30.3 Å². The molecule has 2 atom stereocenters. The van der Waals surface area contributed by atoms with Crippen LogP contribution in [0, 0.1) is 11.8 Å². The van der Waals surface area contributed by atoms with Crippen molar-refractivity contribution >= 4 is 6.29 Å². The Bertz CT molecular complexity index is 282. The number of hydrogen-bond donors (Lipinski definition) is 0. The van der Waals surface area contributed by atoms with Crippen LogP contribution in [0.5, 0.6) is 0 Å². The first-order chi connectivity index (χ1) is 7.24. The van der Waals surface area contributed by atoms with Crippen LogP contribution in [0.2, 0.25) is 0 Å². The lowest BCUT2D eigenvalue weighted by Crippen LogP contribution is -2.15. The van der Waals surface area contributed by atoms with Gasteiger partial charge in [0.2, 0.25) is 0 Å². The van der Waals surface area contributed by atoms with Gasteiger partial charge in [-0.1, -0.05) is 44.2 Å². The fraction of sp³-hybridized carbons (Fsp3) is 0.462. The highest BCUT2D eigenvalue weighted by Crippen LogP contribution is 2.09. The molecule has 2 unspecified atom stereocenters. The monoisotopic (exact) mass is 206 g/mol. The van der Waals surface area contributed by atoms with Crippen LogP contribution < -0.4 is 0 Å². The third kappa shape index (κ3) is 4.26. The van der Waals surface area contributed by atoms with Gasteiger partial charge in [0.05, 0.1) is 13.2 Å². The summed E-state index contributed by atoms with van der Waals surface area (Å²) in [6.07, 6.45) is 0.983. The van der Waals surface area contributed by atoms with Crippen molar-refractivity contribution in [3.63, 3.8) is 0 Å². The fourth-order valence-electron chi connectivity index (χ4n) is 1.22. The maximum atomic E-state index is 10.5. The predicted octanol–water partition coefficient (Wildman–Crippen LogP) is 2.67. The lowest BCUT2D eigenvalue weighted by molar-refractivity contribution is -0.112. The Morgan fingerprint density at radius 1 is 1.27 bits per heavy atom. The first-order valence-electron chi connectivity index (χ1n) is 5.31. The fourth-order valence-corrected chi connectivity index (χ4v) is 1.22. The van der Waals surface area contributed by atoms with E-state index in [2.05, 4.69) is 0 Å². The Morgan fingerprint density at radius 3 is 2.53 bits per heavy atom. The summed E-state index contributed by atoms with van der Waals surface area (Å²) in [7, 11) is 0. The molecule has 0 radical (unpaired) electrons.